The Labute approximate surface area is 305 Å². The first kappa shape index (κ1) is 41.6. The van der Waals surface area contributed by atoms with Gasteiger partial charge in [0, 0.05) is 31.4 Å². The minimum atomic E-state index is -2.17. The number of aliphatic hydroxyl groups excluding tert-OH is 2. The summed E-state index contributed by atoms with van der Waals surface area (Å²) in [6.45, 7) is 22.0. The highest BCUT2D eigenvalue weighted by Crippen LogP contribution is 2.52. The fourth-order valence-electron chi connectivity index (χ4n) is 9.91. The lowest BCUT2D eigenvalue weighted by atomic mass is 9.74. The number of hydrogen-bond donors (Lipinski definition) is 5. The van der Waals surface area contributed by atoms with Gasteiger partial charge < -0.3 is 63.6 Å². The molecule has 0 aromatic rings. The van der Waals surface area contributed by atoms with Crippen molar-refractivity contribution in [1.82, 2.24) is 5.32 Å². The zero-order chi connectivity index (χ0) is 37.8. The number of aliphatic hydroxyl groups is 4. The van der Waals surface area contributed by atoms with E-state index >= 15 is 0 Å². The summed E-state index contributed by atoms with van der Waals surface area (Å²) < 4.78 is 52.3. The Balaban J connectivity index is 1.61. The number of hydrogen-bond acceptors (Lipinski definition) is 13. The highest BCUT2D eigenvalue weighted by molar-refractivity contribution is 5.07. The van der Waals surface area contributed by atoms with Crippen LogP contribution in [0.25, 0.3) is 0 Å². The van der Waals surface area contributed by atoms with E-state index in [1.54, 1.807) is 21.0 Å². The van der Waals surface area contributed by atoms with Crippen molar-refractivity contribution in [3.63, 3.8) is 0 Å². The molecule has 20 atom stereocenters. The second-order valence-electron chi connectivity index (χ2n) is 17.2. The molecule has 5 N–H and O–H groups in total. The quantitative estimate of drug-likeness (QED) is 0.235. The Morgan fingerprint density at radius 3 is 2.18 bits per heavy atom. The van der Waals surface area contributed by atoms with Crippen LogP contribution < -0.4 is 5.32 Å². The third-order valence-corrected chi connectivity index (χ3v) is 12.9. The van der Waals surface area contributed by atoms with Crippen molar-refractivity contribution in [2.45, 2.75) is 205 Å². The maximum atomic E-state index is 12.5. The van der Waals surface area contributed by atoms with Gasteiger partial charge in [-0.05, 0) is 72.8 Å². The summed E-state index contributed by atoms with van der Waals surface area (Å²) in [5.74, 6) is -3.89. The summed E-state index contributed by atoms with van der Waals surface area (Å²) in [6.07, 6.45) is -5.17. The van der Waals surface area contributed by atoms with E-state index in [0.29, 0.717) is 19.3 Å². The van der Waals surface area contributed by atoms with E-state index in [1.807, 2.05) is 48.5 Å². The minimum absolute atomic E-state index is 0.0245. The van der Waals surface area contributed by atoms with Gasteiger partial charge in [-0.2, -0.15) is 0 Å². The van der Waals surface area contributed by atoms with Gasteiger partial charge in [-0.3, -0.25) is 0 Å². The number of fused-ring (bicyclic) bond motifs is 4. The smallest absolute Gasteiger partial charge is 0.286 e. The number of rotatable bonds is 9. The molecule has 5 aliphatic rings. The normalized spacial score (nSPS) is 55.3. The average Bonchev–Trinajstić information content (AvgIpc) is 3.39. The molecule has 5 heterocycles. The molecule has 5 saturated heterocycles. The monoisotopic (exact) mass is 731 g/mol. The van der Waals surface area contributed by atoms with E-state index in [2.05, 4.69) is 19.2 Å². The zero-order valence-electron chi connectivity index (χ0n) is 33.0. The molecule has 5 unspecified atom stereocenters. The van der Waals surface area contributed by atoms with Gasteiger partial charge in [-0.15, -0.1) is 0 Å². The molecule has 0 aliphatic carbocycles. The molecule has 5 aliphatic heterocycles. The molecular weight excluding hydrogens is 662 g/mol. The molecule has 0 amide bonds. The summed E-state index contributed by atoms with van der Waals surface area (Å²) in [5.41, 5.74) is -3.30. The first-order valence-corrected chi connectivity index (χ1v) is 19.5. The summed E-state index contributed by atoms with van der Waals surface area (Å²) in [6, 6.07) is -0.225. The van der Waals surface area contributed by atoms with E-state index in [4.69, 9.17) is 37.9 Å². The Kier molecular flexibility index (Phi) is 12.7. The van der Waals surface area contributed by atoms with Crippen molar-refractivity contribution in [2.24, 2.45) is 23.7 Å². The van der Waals surface area contributed by atoms with Gasteiger partial charge in [0.25, 0.3) is 5.97 Å². The lowest BCUT2D eigenvalue weighted by Gasteiger charge is -2.55. The molecule has 0 aromatic carbocycles. The Hall–Kier alpha value is -0.520. The first-order valence-electron chi connectivity index (χ1n) is 19.5. The lowest BCUT2D eigenvalue weighted by Crippen LogP contribution is -2.69. The summed E-state index contributed by atoms with van der Waals surface area (Å²) in [4.78, 5) is 0. The Morgan fingerprint density at radius 1 is 0.863 bits per heavy atom. The average molecular weight is 732 g/mol. The van der Waals surface area contributed by atoms with Crippen LogP contribution in [0.15, 0.2) is 0 Å². The van der Waals surface area contributed by atoms with Gasteiger partial charge in [-0.25, -0.2) is 0 Å². The van der Waals surface area contributed by atoms with Gasteiger partial charge in [0.1, 0.15) is 17.8 Å². The minimum Gasteiger partial charge on any atom is -0.387 e. The predicted octanol–water partition coefficient (Wildman–Crippen LogP) is 3.22. The number of nitrogens with one attached hydrogen (secondary N) is 1. The van der Waals surface area contributed by atoms with Crippen LogP contribution in [0.4, 0.5) is 0 Å². The van der Waals surface area contributed by atoms with Gasteiger partial charge in [0.05, 0.1) is 59.8 Å². The second kappa shape index (κ2) is 15.5. The molecule has 0 aromatic heterocycles. The van der Waals surface area contributed by atoms with E-state index < -0.39 is 89.9 Å². The van der Waals surface area contributed by atoms with Crippen molar-refractivity contribution in [1.29, 1.82) is 0 Å². The van der Waals surface area contributed by atoms with Crippen LogP contribution >= 0.6 is 0 Å². The fourth-order valence-corrected chi connectivity index (χ4v) is 9.91. The molecule has 51 heavy (non-hydrogen) atoms. The largest absolute Gasteiger partial charge is 0.387 e. The van der Waals surface area contributed by atoms with E-state index in [1.165, 1.54) is 0 Å². The topological polar surface area (TPSA) is 167 Å². The second-order valence-corrected chi connectivity index (χ2v) is 17.2. The van der Waals surface area contributed by atoms with Crippen LogP contribution in [0.5, 0.6) is 0 Å². The van der Waals surface area contributed by atoms with Gasteiger partial charge >= 0.3 is 0 Å². The molecule has 13 nitrogen and oxygen atoms in total. The summed E-state index contributed by atoms with van der Waals surface area (Å²) in [7, 11) is 1.56. The van der Waals surface area contributed by atoms with Gasteiger partial charge in [0.15, 0.2) is 12.6 Å². The standard InChI is InChI=1S/C38H69NO12/c1-13-15-39-25-16-20(4)45-34(28(25)40)48-32-22(6)30(47-27-18-35(9,44-12)31(41)24(8)46-27)23(7)38(43)49-26(14-2)37(11,42)33(51-38)21(5)29-19(3)17-36(32,10)50-29/h19-34,39-43H,13-18H2,1-12H3/t19-,20+,21-,22-,23+,24?,25?,26+,27-,28?,29?,30-,31-,32+,33+,34-,35?,36+,37+,38-/m0/s1. The third kappa shape index (κ3) is 7.81. The molecule has 5 rings (SSSR count). The molecular formula is C38H69NO12. The van der Waals surface area contributed by atoms with E-state index in [-0.39, 0.29) is 36.5 Å². The summed E-state index contributed by atoms with van der Waals surface area (Å²) >= 11 is 0. The van der Waals surface area contributed by atoms with Crippen molar-refractivity contribution in [3.05, 3.63) is 0 Å². The van der Waals surface area contributed by atoms with Crippen LogP contribution in [0.2, 0.25) is 0 Å². The SMILES string of the molecule is CCCNC1C[C@@H](C)O[C@@H](O[C@@H]2[C@@H](C)[C@H](O[C@H]3CC(C)(OC)[C@@H](O)C(C)O3)[C@@H](C)[C@@]3(O)O[C@H]([C@@H](C)C4O[C@]2(C)C[C@@H]4C)[C@](C)(O)[C@@H](CC)O3)C1O. The Bertz CT molecular complexity index is 1160. The third-order valence-electron chi connectivity index (χ3n) is 12.9. The molecule has 0 spiro atoms. The molecule has 5 fully saturated rings. The van der Waals surface area contributed by atoms with Crippen LogP contribution in [0.3, 0.4) is 0 Å². The lowest BCUT2D eigenvalue weighted by molar-refractivity contribution is -0.481. The first-order chi connectivity index (χ1) is 23.7. The van der Waals surface area contributed by atoms with Crippen LogP contribution in [0, 0.1) is 23.7 Å². The fraction of sp³-hybridized carbons (Fsp3) is 1.00. The Morgan fingerprint density at radius 2 is 1.55 bits per heavy atom. The maximum Gasteiger partial charge on any atom is 0.286 e. The predicted molar refractivity (Wildman–Crippen MR) is 187 cm³/mol. The number of ether oxygens (including phenoxy) is 8. The van der Waals surface area contributed by atoms with Crippen LogP contribution in [0.1, 0.15) is 108 Å². The van der Waals surface area contributed by atoms with Crippen molar-refractivity contribution in [3.8, 4) is 0 Å². The van der Waals surface area contributed by atoms with Gasteiger partial charge in [0.2, 0.25) is 0 Å². The number of methoxy groups -OCH3 is 1. The summed E-state index contributed by atoms with van der Waals surface area (Å²) in [5, 5.41) is 50.6. The molecule has 4 bridgehead atoms. The zero-order valence-corrected chi connectivity index (χ0v) is 33.0. The van der Waals surface area contributed by atoms with Crippen LogP contribution in [-0.2, 0) is 37.9 Å². The molecule has 298 valence electrons. The molecule has 0 radical (unpaired) electrons. The molecule has 13 heteroatoms. The van der Waals surface area contributed by atoms with Crippen molar-refractivity contribution in [2.75, 3.05) is 13.7 Å². The van der Waals surface area contributed by atoms with Gasteiger partial charge in [-0.1, -0.05) is 41.5 Å². The van der Waals surface area contributed by atoms with Crippen molar-refractivity contribution >= 4 is 0 Å². The highest BCUT2D eigenvalue weighted by Gasteiger charge is 2.64. The maximum absolute atomic E-state index is 12.5. The highest BCUT2D eigenvalue weighted by atomic mass is 16.8. The van der Waals surface area contributed by atoms with Crippen molar-refractivity contribution < 1.29 is 58.3 Å². The van der Waals surface area contributed by atoms with E-state index in [9.17, 15) is 20.4 Å². The van der Waals surface area contributed by atoms with E-state index in [0.717, 1.165) is 13.0 Å². The van der Waals surface area contributed by atoms with Crippen LogP contribution in [-0.4, -0.2) is 130 Å². The molecule has 0 saturated carbocycles.